The molecule has 0 unspecified atom stereocenters. The Kier molecular flexibility index (Phi) is 6.61. The summed E-state index contributed by atoms with van der Waals surface area (Å²) in [4.78, 5) is 19.7. The molecule has 1 aromatic rings. The van der Waals surface area contributed by atoms with Crippen LogP contribution >= 0.6 is 0 Å². The Morgan fingerprint density at radius 1 is 1.11 bits per heavy atom. The second-order valence-corrected chi connectivity index (χ2v) is 12.7. The molecule has 2 heterocycles. The van der Waals surface area contributed by atoms with Crippen LogP contribution in [0.25, 0.3) is 0 Å². The van der Waals surface area contributed by atoms with E-state index in [1.807, 2.05) is 6.07 Å². The van der Waals surface area contributed by atoms with Crippen LogP contribution in [-0.2, 0) is 4.84 Å². The molecule has 0 amide bonds. The predicted molar refractivity (Wildman–Crippen MR) is 144 cm³/mol. The lowest BCUT2D eigenvalue weighted by atomic mass is 9.45. The first-order valence-corrected chi connectivity index (χ1v) is 14.5. The molecule has 1 saturated heterocycles. The molecule has 5 aliphatic rings. The third kappa shape index (κ3) is 4.22. The van der Waals surface area contributed by atoms with Gasteiger partial charge in [-0.05, 0) is 92.2 Å². The summed E-state index contributed by atoms with van der Waals surface area (Å²) in [6.07, 6.45) is 12.0. The van der Waals surface area contributed by atoms with Gasteiger partial charge in [0.1, 0.15) is 6.61 Å². The third-order valence-electron chi connectivity index (χ3n) is 11.2. The van der Waals surface area contributed by atoms with E-state index < -0.39 is 5.60 Å². The molecule has 0 aromatic carbocycles. The summed E-state index contributed by atoms with van der Waals surface area (Å²) in [5, 5.41) is 20.3. The highest BCUT2D eigenvalue weighted by Gasteiger charge is 2.66. The van der Waals surface area contributed by atoms with E-state index in [2.05, 4.69) is 35.3 Å². The van der Waals surface area contributed by atoms with Crippen LogP contribution in [0.4, 0.5) is 0 Å². The van der Waals surface area contributed by atoms with E-state index in [4.69, 9.17) is 9.25 Å². The fourth-order valence-electron chi connectivity index (χ4n) is 8.95. The number of nitrogens with one attached hydrogen (secondary N) is 1. The quantitative estimate of drug-likeness (QED) is 0.460. The lowest BCUT2D eigenvalue weighted by Gasteiger charge is -2.61. The van der Waals surface area contributed by atoms with E-state index in [1.54, 1.807) is 6.26 Å². The first-order chi connectivity index (χ1) is 17.8. The molecule has 0 bridgehead atoms. The summed E-state index contributed by atoms with van der Waals surface area (Å²) in [6.45, 7) is 10.6. The zero-order valence-electron chi connectivity index (χ0n) is 22.5. The fraction of sp³-hybridized carbons (Fsp3) is 0.733. The van der Waals surface area contributed by atoms with Gasteiger partial charge in [0.05, 0.1) is 17.6 Å². The highest BCUT2D eigenvalue weighted by Crippen LogP contribution is 2.69. The first-order valence-electron chi connectivity index (χ1n) is 14.5. The smallest absolute Gasteiger partial charge is 0.335 e. The Labute approximate surface area is 220 Å². The SMILES string of the molecule is C[C@]12CCC(=NOCCN3CCNCC3)C=C1CC[C@@H]1[C@@H]2CC[C@]2(C)[C@@H](c3ccc(=O)oc3)CC[C@]12O. The Bertz CT molecular complexity index is 1100. The molecule has 1 aromatic heterocycles. The summed E-state index contributed by atoms with van der Waals surface area (Å²) in [5.74, 6) is 1.03. The molecule has 6 atom stereocenters. The van der Waals surface area contributed by atoms with Gasteiger partial charge in [-0.15, -0.1) is 0 Å². The van der Waals surface area contributed by atoms with Crippen LogP contribution in [0.5, 0.6) is 0 Å². The van der Waals surface area contributed by atoms with E-state index >= 15 is 0 Å². The second-order valence-electron chi connectivity index (χ2n) is 12.7. The average molecular weight is 510 g/mol. The van der Waals surface area contributed by atoms with Gasteiger partial charge in [-0.25, -0.2) is 4.79 Å². The minimum absolute atomic E-state index is 0.122. The van der Waals surface area contributed by atoms with Crippen LogP contribution in [0.15, 0.2) is 44.4 Å². The minimum atomic E-state index is -0.674. The van der Waals surface area contributed by atoms with Crippen molar-refractivity contribution in [2.24, 2.45) is 27.8 Å². The number of allylic oxidation sites excluding steroid dienone is 2. The Morgan fingerprint density at radius 2 is 1.95 bits per heavy atom. The zero-order valence-corrected chi connectivity index (χ0v) is 22.5. The second kappa shape index (κ2) is 9.65. The number of hydrogen-bond acceptors (Lipinski definition) is 7. The van der Waals surface area contributed by atoms with Crippen LogP contribution in [0, 0.1) is 22.7 Å². The number of oxime groups is 1. The number of rotatable bonds is 5. The maximum Gasteiger partial charge on any atom is 0.335 e. The standard InChI is InChI=1S/C30H43N3O4/c1-28-10-7-23(32-37-18-17-33-15-13-31-14-16-33)19-22(28)4-5-26-25(28)8-11-29(2)24(9-12-30(26,29)35)21-3-6-27(34)36-20-21/h3,6,19-20,24-26,31,35H,4-5,7-18H2,1-2H3/t24-,25+,26-,28+,29-,30+/m1/s1. The molecule has 6 rings (SSSR count). The fourth-order valence-corrected chi connectivity index (χ4v) is 8.95. The molecule has 4 aliphatic carbocycles. The summed E-state index contributed by atoms with van der Waals surface area (Å²) < 4.78 is 5.23. The largest absolute Gasteiger partial charge is 0.431 e. The van der Waals surface area contributed by atoms with Crippen molar-refractivity contribution >= 4 is 5.71 Å². The number of fused-ring (bicyclic) bond motifs is 5. The number of piperazine rings is 1. The van der Waals surface area contributed by atoms with Crippen molar-refractivity contribution in [1.29, 1.82) is 0 Å². The van der Waals surface area contributed by atoms with Crippen molar-refractivity contribution in [2.75, 3.05) is 39.3 Å². The van der Waals surface area contributed by atoms with E-state index in [0.29, 0.717) is 18.4 Å². The van der Waals surface area contributed by atoms with Crippen LogP contribution in [0.2, 0.25) is 0 Å². The molecular weight excluding hydrogens is 466 g/mol. The predicted octanol–water partition coefficient (Wildman–Crippen LogP) is 4.08. The highest BCUT2D eigenvalue weighted by molar-refractivity contribution is 5.96. The zero-order chi connectivity index (χ0) is 25.7. The van der Waals surface area contributed by atoms with Gasteiger partial charge in [0.15, 0.2) is 0 Å². The van der Waals surface area contributed by atoms with Gasteiger partial charge in [-0.2, -0.15) is 0 Å². The molecule has 202 valence electrons. The summed E-state index contributed by atoms with van der Waals surface area (Å²) in [7, 11) is 0. The number of hydrogen-bond donors (Lipinski definition) is 2. The van der Waals surface area contributed by atoms with Gasteiger partial charge in [0.2, 0.25) is 0 Å². The van der Waals surface area contributed by atoms with Gasteiger partial charge < -0.3 is 19.7 Å². The molecule has 37 heavy (non-hydrogen) atoms. The van der Waals surface area contributed by atoms with Crippen LogP contribution in [0.3, 0.4) is 0 Å². The lowest BCUT2D eigenvalue weighted by molar-refractivity contribution is -0.176. The summed E-state index contributed by atoms with van der Waals surface area (Å²) in [6, 6.07) is 3.44. The first kappa shape index (κ1) is 25.3. The van der Waals surface area contributed by atoms with E-state index in [9.17, 15) is 9.90 Å². The average Bonchev–Trinajstić information content (AvgIpc) is 3.19. The van der Waals surface area contributed by atoms with E-state index in [0.717, 1.165) is 95.4 Å². The third-order valence-corrected chi connectivity index (χ3v) is 11.2. The van der Waals surface area contributed by atoms with Gasteiger partial charge in [0, 0.05) is 44.2 Å². The van der Waals surface area contributed by atoms with Crippen LogP contribution < -0.4 is 10.9 Å². The maximum absolute atomic E-state index is 12.4. The van der Waals surface area contributed by atoms with Crippen molar-refractivity contribution < 1.29 is 14.4 Å². The Balaban J connectivity index is 1.16. The molecule has 4 fully saturated rings. The van der Waals surface area contributed by atoms with Gasteiger partial charge in [-0.3, -0.25) is 4.90 Å². The molecule has 2 N–H and O–H groups in total. The van der Waals surface area contributed by atoms with E-state index in [1.165, 1.54) is 11.6 Å². The van der Waals surface area contributed by atoms with Crippen molar-refractivity contribution in [2.45, 2.75) is 76.7 Å². The molecular formula is C30H43N3O4. The van der Waals surface area contributed by atoms with Crippen molar-refractivity contribution in [3.8, 4) is 0 Å². The Hall–Kier alpha value is -1.96. The molecule has 0 spiro atoms. The van der Waals surface area contributed by atoms with Gasteiger partial charge >= 0.3 is 5.63 Å². The normalized spacial score (nSPS) is 41.0. The van der Waals surface area contributed by atoms with Crippen molar-refractivity contribution in [1.82, 2.24) is 10.2 Å². The minimum Gasteiger partial charge on any atom is -0.431 e. The van der Waals surface area contributed by atoms with Crippen molar-refractivity contribution in [3.63, 3.8) is 0 Å². The van der Waals surface area contributed by atoms with Crippen molar-refractivity contribution in [3.05, 3.63) is 46.0 Å². The van der Waals surface area contributed by atoms with Crippen LogP contribution in [-0.4, -0.2) is 60.6 Å². The topological polar surface area (TPSA) is 87.3 Å². The number of aliphatic hydroxyl groups is 1. The lowest BCUT2D eigenvalue weighted by Crippen LogP contribution is -2.60. The monoisotopic (exact) mass is 509 g/mol. The maximum atomic E-state index is 12.4. The molecule has 7 nitrogen and oxygen atoms in total. The molecule has 1 aliphatic heterocycles. The molecule has 0 radical (unpaired) electrons. The van der Waals surface area contributed by atoms with E-state index in [-0.39, 0.29) is 22.4 Å². The van der Waals surface area contributed by atoms with Crippen LogP contribution in [0.1, 0.15) is 76.7 Å². The number of nitrogens with zero attached hydrogens (tertiary/aromatic N) is 2. The summed E-state index contributed by atoms with van der Waals surface area (Å²) in [5.41, 5.74) is 2.60. The Morgan fingerprint density at radius 3 is 2.73 bits per heavy atom. The summed E-state index contributed by atoms with van der Waals surface area (Å²) >= 11 is 0. The molecule has 3 saturated carbocycles. The van der Waals surface area contributed by atoms with Gasteiger partial charge in [0.25, 0.3) is 0 Å². The molecule has 7 heteroatoms. The van der Waals surface area contributed by atoms with Gasteiger partial charge in [-0.1, -0.05) is 24.6 Å². The highest BCUT2D eigenvalue weighted by atomic mass is 16.6.